The molecule has 1 atom stereocenters. The molecule has 0 aliphatic carbocycles. The molecule has 0 radical (unpaired) electrons. The van der Waals surface area contributed by atoms with Crippen LogP contribution >= 0.6 is 0 Å². The molecule has 132 valence electrons. The average Bonchev–Trinajstić information content (AvgIpc) is 2.54. The zero-order valence-corrected chi connectivity index (χ0v) is 14.3. The maximum Gasteiger partial charge on any atom is 0.339 e. The zero-order chi connectivity index (χ0) is 18.4. The van der Waals surface area contributed by atoms with Crippen LogP contribution in [0.15, 0.2) is 12.3 Å². The summed E-state index contributed by atoms with van der Waals surface area (Å²) >= 11 is 0. The average molecular weight is 339 g/mol. The van der Waals surface area contributed by atoms with Crippen LogP contribution in [0.5, 0.6) is 0 Å². The molecule has 1 rings (SSSR count). The Morgan fingerprint density at radius 3 is 2.46 bits per heavy atom. The number of anilines is 1. The summed E-state index contributed by atoms with van der Waals surface area (Å²) in [6.45, 7) is 7.00. The number of rotatable bonds is 7. The molecule has 1 aromatic heterocycles. The Labute approximate surface area is 139 Å². The predicted octanol–water partition coefficient (Wildman–Crippen LogP) is 1.94. The van der Waals surface area contributed by atoms with Gasteiger partial charge in [0.25, 0.3) is 0 Å². The van der Waals surface area contributed by atoms with Gasteiger partial charge < -0.3 is 14.4 Å². The molecule has 0 spiro atoms. The molecule has 0 saturated heterocycles. The summed E-state index contributed by atoms with van der Waals surface area (Å²) in [5, 5.41) is 11.4. The van der Waals surface area contributed by atoms with Gasteiger partial charge in [-0.1, -0.05) is 0 Å². The van der Waals surface area contributed by atoms with Crippen LogP contribution in [0, 0.1) is 10.1 Å². The van der Waals surface area contributed by atoms with Gasteiger partial charge in [-0.25, -0.2) is 14.6 Å². The van der Waals surface area contributed by atoms with Gasteiger partial charge >= 0.3 is 17.6 Å². The number of carbonyl (C=O) groups is 2. The van der Waals surface area contributed by atoms with Crippen molar-refractivity contribution in [1.29, 1.82) is 0 Å². The van der Waals surface area contributed by atoms with E-state index in [2.05, 4.69) is 9.72 Å². The standard InChI is InChI=1S/C15H21N3O6/c1-6-24-14(19)10(4)17(9(2)3)13-12(18(21)22)7-11(8-16-13)15(20)23-5/h7-10H,6H2,1-5H3. The minimum Gasteiger partial charge on any atom is -0.465 e. The van der Waals surface area contributed by atoms with E-state index < -0.39 is 22.9 Å². The highest BCUT2D eigenvalue weighted by Crippen LogP contribution is 2.30. The fourth-order valence-corrected chi connectivity index (χ4v) is 2.26. The van der Waals surface area contributed by atoms with Crippen molar-refractivity contribution in [3.8, 4) is 0 Å². The summed E-state index contributed by atoms with van der Waals surface area (Å²) < 4.78 is 9.53. The smallest absolute Gasteiger partial charge is 0.339 e. The first-order chi connectivity index (χ1) is 11.2. The van der Waals surface area contributed by atoms with Crippen molar-refractivity contribution in [2.45, 2.75) is 39.8 Å². The van der Waals surface area contributed by atoms with Gasteiger partial charge in [0.1, 0.15) is 6.04 Å². The molecule has 0 aliphatic rings. The number of methoxy groups -OCH3 is 1. The number of nitrogens with zero attached hydrogens (tertiary/aromatic N) is 3. The summed E-state index contributed by atoms with van der Waals surface area (Å²) in [6, 6.07) is 0.0428. The number of nitro groups is 1. The molecule has 1 aromatic rings. The van der Waals surface area contributed by atoms with Crippen LogP contribution in [-0.4, -0.2) is 47.6 Å². The van der Waals surface area contributed by atoms with E-state index in [4.69, 9.17) is 4.74 Å². The van der Waals surface area contributed by atoms with Gasteiger partial charge in [0.15, 0.2) is 0 Å². The molecule has 1 unspecified atom stereocenters. The van der Waals surface area contributed by atoms with Crippen LogP contribution in [0.25, 0.3) is 0 Å². The van der Waals surface area contributed by atoms with E-state index >= 15 is 0 Å². The van der Waals surface area contributed by atoms with Gasteiger partial charge in [-0.2, -0.15) is 0 Å². The van der Waals surface area contributed by atoms with Crippen molar-refractivity contribution in [2.75, 3.05) is 18.6 Å². The molecule has 0 amide bonds. The molecule has 0 N–H and O–H groups in total. The van der Waals surface area contributed by atoms with Crippen molar-refractivity contribution in [2.24, 2.45) is 0 Å². The fraction of sp³-hybridized carbons (Fsp3) is 0.533. The minimum atomic E-state index is -0.778. The van der Waals surface area contributed by atoms with Crippen LogP contribution in [-0.2, 0) is 14.3 Å². The molecule has 0 aliphatic heterocycles. The van der Waals surface area contributed by atoms with E-state index in [9.17, 15) is 19.7 Å². The van der Waals surface area contributed by atoms with Crippen LogP contribution in [0.2, 0.25) is 0 Å². The molecule has 0 saturated carbocycles. The quantitative estimate of drug-likeness (QED) is 0.421. The minimum absolute atomic E-state index is 0.0109. The number of carbonyl (C=O) groups excluding carboxylic acids is 2. The SMILES string of the molecule is CCOC(=O)C(C)N(c1ncc(C(=O)OC)cc1[N+](=O)[O-])C(C)C. The second kappa shape index (κ2) is 8.23. The number of aromatic nitrogens is 1. The highest BCUT2D eigenvalue weighted by molar-refractivity contribution is 5.90. The van der Waals surface area contributed by atoms with Crippen LogP contribution in [0.4, 0.5) is 11.5 Å². The van der Waals surface area contributed by atoms with E-state index in [1.165, 1.54) is 18.2 Å². The molecule has 0 aromatic carbocycles. The molecular weight excluding hydrogens is 318 g/mol. The Morgan fingerprint density at radius 2 is 2.00 bits per heavy atom. The van der Waals surface area contributed by atoms with Crippen molar-refractivity contribution < 1.29 is 24.0 Å². The lowest BCUT2D eigenvalue weighted by atomic mass is 10.1. The van der Waals surface area contributed by atoms with Gasteiger partial charge in [-0.15, -0.1) is 0 Å². The lowest BCUT2D eigenvalue weighted by Crippen LogP contribution is -2.45. The van der Waals surface area contributed by atoms with E-state index in [-0.39, 0.29) is 29.7 Å². The molecular formula is C15H21N3O6. The largest absolute Gasteiger partial charge is 0.465 e. The van der Waals surface area contributed by atoms with Crippen molar-refractivity contribution in [3.05, 3.63) is 27.9 Å². The first-order valence-corrected chi connectivity index (χ1v) is 7.42. The highest BCUT2D eigenvalue weighted by atomic mass is 16.6. The lowest BCUT2D eigenvalue weighted by Gasteiger charge is -2.32. The topological polar surface area (TPSA) is 112 Å². The van der Waals surface area contributed by atoms with Crippen LogP contribution in [0.1, 0.15) is 38.1 Å². The summed E-state index contributed by atoms with van der Waals surface area (Å²) in [6.07, 6.45) is 1.18. The predicted molar refractivity (Wildman–Crippen MR) is 85.9 cm³/mol. The normalized spacial score (nSPS) is 11.8. The Hall–Kier alpha value is -2.71. The van der Waals surface area contributed by atoms with E-state index in [0.717, 1.165) is 6.07 Å². The Bertz CT molecular complexity index is 632. The Balaban J connectivity index is 3.40. The molecule has 9 heteroatoms. The monoisotopic (exact) mass is 339 g/mol. The maximum atomic E-state index is 12.0. The molecule has 0 bridgehead atoms. The number of hydrogen-bond acceptors (Lipinski definition) is 8. The van der Waals surface area contributed by atoms with Gasteiger partial charge in [-0.3, -0.25) is 10.1 Å². The summed E-state index contributed by atoms with van der Waals surface area (Å²) in [5.74, 6) is -1.26. The summed E-state index contributed by atoms with van der Waals surface area (Å²) in [5.41, 5.74) is -0.428. The van der Waals surface area contributed by atoms with Crippen molar-refractivity contribution in [1.82, 2.24) is 4.98 Å². The second-order valence-corrected chi connectivity index (χ2v) is 5.24. The summed E-state index contributed by atoms with van der Waals surface area (Å²) in [4.78, 5) is 39.9. The van der Waals surface area contributed by atoms with E-state index in [0.29, 0.717) is 0 Å². The van der Waals surface area contributed by atoms with E-state index in [1.54, 1.807) is 27.7 Å². The molecule has 1 heterocycles. The molecule has 24 heavy (non-hydrogen) atoms. The first kappa shape index (κ1) is 19.3. The second-order valence-electron chi connectivity index (χ2n) is 5.24. The number of esters is 2. The third-order valence-corrected chi connectivity index (χ3v) is 3.31. The highest BCUT2D eigenvalue weighted by Gasteiger charge is 2.32. The molecule has 9 nitrogen and oxygen atoms in total. The number of pyridine rings is 1. The van der Waals surface area contributed by atoms with Crippen LogP contribution in [0.3, 0.4) is 0 Å². The first-order valence-electron chi connectivity index (χ1n) is 7.42. The van der Waals surface area contributed by atoms with Gasteiger partial charge in [0.05, 0.1) is 24.2 Å². The van der Waals surface area contributed by atoms with Crippen molar-refractivity contribution >= 4 is 23.4 Å². The Morgan fingerprint density at radius 1 is 1.38 bits per heavy atom. The van der Waals surface area contributed by atoms with Gasteiger partial charge in [0, 0.05) is 18.3 Å². The van der Waals surface area contributed by atoms with Gasteiger partial charge in [-0.05, 0) is 27.7 Å². The lowest BCUT2D eigenvalue weighted by molar-refractivity contribution is -0.384. The van der Waals surface area contributed by atoms with Crippen LogP contribution < -0.4 is 4.90 Å². The number of ether oxygens (including phenoxy) is 2. The third-order valence-electron chi connectivity index (χ3n) is 3.31. The third kappa shape index (κ3) is 4.18. The van der Waals surface area contributed by atoms with Crippen molar-refractivity contribution in [3.63, 3.8) is 0 Å². The number of hydrogen-bond donors (Lipinski definition) is 0. The maximum absolute atomic E-state index is 12.0. The zero-order valence-electron chi connectivity index (χ0n) is 14.3. The molecule has 0 fully saturated rings. The van der Waals surface area contributed by atoms with E-state index in [1.807, 2.05) is 0 Å². The summed E-state index contributed by atoms with van der Waals surface area (Å²) in [7, 11) is 1.17. The fourth-order valence-electron chi connectivity index (χ4n) is 2.26. The Kier molecular flexibility index (Phi) is 6.63. The van der Waals surface area contributed by atoms with Gasteiger partial charge in [0.2, 0.25) is 5.82 Å².